The Morgan fingerprint density at radius 3 is 1.94 bits per heavy atom. The van der Waals surface area contributed by atoms with Gasteiger partial charge >= 0.3 is 6.18 Å². The normalized spacial score (nSPS) is 25.6. The molecule has 96 valence electrons. The molecule has 0 aromatic heterocycles. The van der Waals surface area contributed by atoms with Gasteiger partial charge in [-0.2, -0.15) is 13.2 Å². The zero-order valence-electron chi connectivity index (χ0n) is 9.56. The van der Waals surface area contributed by atoms with Crippen LogP contribution < -0.4 is 5.73 Å². The number of aliphatic hydroxyl groups excluding tert-OH is 1. The Balaban J connectivity index is 0.000000385. The maximum absolute atomic E-state index is 12.1. The summed E-state index contributed by atoms with van der Waals surface area (Å²) in [7, 11) is 0. The lowest BCUT2D eigenvalue weighted by Gasteiger charge is -2.27. The van der Waals surface area contributed by atoms with Crippen molar-refractivity contribution >= 4 is 0 Å². The maximum Gasteiger partial charge on any atom is 0.391 e. The van der Waals surface area contributed by atoms with Crippen molar-refractivity contribution in [2.24, 2.45) is 17.6 Å². The van der Waals surface area contributed by atoms with Crippen LogP contribution in [0.3, 0.4) is 0 Å². The lowest BCUT2D eigenvalue weighted by atomic mass is 9.83. The van der Waals surface area contributed by atoms with E-state index in [0.717, 1.165) is 12.8 Å². The van der Waals surface area contributed by atoms with E-state index >= 15 is 0 Å². The largest absolute Gasteiger partial charge is 0.512 e. The van der Waals surface area contributed by atoms with E-state index in [-0.39, 0.29) is 12.3 Å². The van der Waals surface area contributed by atoms with Gasteiger partial charge < -0.3 is 10.8 Å². The summed E-state index contributed by atoms with van der Waals surface area (Å²) in [6.45, 7) is 5.29. The Labute approximate surface area is 94.3 Å². The van der Waals surface area contributed by atoms with Crippen molar-refractivity contribution in [1.82, 2.24) is 0 Å². The highest BCUT2D eigenvalue weighted by atomic mass is 19.4. The number of nitrogens with two attached hydrogens (primary N) is 1. The van der Waals surface area contributed by atoms with Crippen molar-refractivity contribution in [1.29, 1.82) is 0 Å². The van der Waals surface area contributed by atoms with E-state index in [1.54, 1.807) is 0 Å². The molecule has 0 unspecified atom stereocenters. The average Bonchev–Trinajstić information content (AvgIpc) is 2.18. The molecule has 1 saturated carbocycles. The fourth-order valence-corrected chi connectivity index (χ4v) is 1.59. The minimum atomic E-state index is -3.94. The Hall–Kier alpha value is -0.710. The second-order valence-electron chi connectivity index (χ2n) is 4.27. The first-order valence-electron chi connectivity index (χ1n) is 5.40. The fourth-order valence-electron chi connectivity index (χ4n) is 1.59. The van der Waals surface area contributed by atoms with Gasteiger partial charge in [0.05, 0.1) is 18.2 Å². The molecule has 0 aliphatic heterocycles. The maximum atomic E-state index is 12.1. The number of halogens is 3. The minimum Gasteiger partial charge on any atom is -0.512 e. The van der Waals surface area contributed by atoms with Crippen molar-refractivity contribution in [3.63, 3.8) is 0 Å². The molecule has 0 saturated heterocycles. The van der Waals surface area contributed by atoms with Crippen LogP contribution in [0.5, 0.6) is 0 Å². The van der Waals surface area contributed by atoms with Crippen LogP contribution in [0, 0.1) is 11.8 Å². The molecule has 0 heterocycles. The Bertz CT molecular complexity index is 208. The van der Waals surface area contributed by atoms with E-state index < -0.39 is 12.1 Å². The first-order chi connectivity index (χ1) is 7.27. The van der Waals surface area contributed by atoms with Crippen molar-refractivity contribution in [2.45, 2.75) is 38.8 Å². The van der Waals surface area contributed by atoms with Crippen molar-refractivity contribution < 1.29 is 18.3 Å². The van der Waals surface area contributed by atoms with E-state index in [9.17, 15) is 13.2 Å². The summed E-state index contributed by atoms with van der Waals surface area (Å²) in [4.78, 5) is 0. The highest BCUT2D eigenvalue weighted by Gasteiger charge is 2.40. The fraction of sp³-hybridized carbons (Fsp3) is 0.818. The van der Waals surface area contributed by atoms with E-state index in [4.69, 9.17) is 10.8 Å². The first kappa shape index (κ1) is 15.3. The number of hydrogen-bond acceptors (Lipinski definition) is 2. The van der Waals surface area contributed by atoms with Gasteiger partial charge in [-0.25, -0.2) is 0 Å². The minimum absolute atomic E-state index is 0.0324. The summed E-state index contributed by atoms with van der Waals surface area (Å²) in [5.74, 6) is -0.489. The molecule has 1 rings (SSSR count). The summed E-state index contributed by atoms with van der Waals surface area (Å²) in [5, 5.41) is 8.04. The SMILES string of the molecule is C=C(O)CN.CC1CCC(C(F)(F)F)CC1. The van der Waals surface area contributed by atoms with Crippen LogP contribution in [-0.2, 0) is 0 Å². The van der Waals surface area contributed by atoms with Gasteiger partial charge in [0.1, 0.15) is 0 Å². The number of hydrogen-bond donors (Lipinski definition) is 2. The smallest absolute Gasteiger partial charge is 0.391 e. The Morgan fingerprint density at radius 2 is 1.69 bits per heavy atom. The lowest BCUT2D eigenvalue weighted by Crippen LogP contribution is -2.26. The first-order valence-corrected chi connectivity index (χ1v) is 5.40. The molecule has 1 fully saturated rings. The Kier molecular flexibility index (Phi) is 6.48. The third-order valence-corrected chi connectivity index (χ3v) is 2.71. The molecule has 5 heteroatoms. The summed E-state index contributed by atoms with van der Waals surface area (Å²) in [6, 6.07) is 0. The topological polar surface area (TPSA) is 46.2 Å². The van der Waals surface area contributed by atoms with Crippen LogP contribution >= 0.6 is 0 Å². The summed E-state index contributed by atoms with van der Waals surface area (Å²) in [5.41, 5.74) is 4.82. The van der Waals surface area contributed by atoms with Gasteiger partial charge in [-0.3, -0.25) is 0 Å². The highest BCUT2D eigenvalue weighted by Crippen LogP contribution is 2.39. The highest BCUT2D eigenvalue weighted by molar-refractivity contribution is 4.78. The molecule has 0 aromatic rings. The molecule has 0 bridgehead atoms. The molecular weight excluding hydrogens is 219 g/mol. The molecular formula is C11H20F3NO. The van der Waals surface area contributed by atoms with Gasteiger partial charge in [0.25, 0.3) is 0 Å². The average molecular weight is 239 g/mol. The molecule has 3 N–H and O–H groups in total. The molecule has 1 aliphatic carbocycles. The predicted molar refractivity (Wildman–Crippen MR) is 58.0 cm³/mol. The summed E-state index contributed by atoms with van der Waals surface area (Å²) in [6.07, 6.45) is -1.79. The quantitative estimate of drug-likeness (QED) is 0.689. The van der Waals surface area contributed by atoms with Gasteiger partial charge in [-0.15, -0.1) is 0 Å². The zero-order valence-corrected chi connectivity index (χ0v) is 9.56. The monoisotopic (exact) mass is 239 g/mol. The van der Waals surface area contributed by atoms with Crippen LogP contribution in [-0.4, -0.2) is 17.8 Å². The van der Waals surface area contributed by atoms with Crippen LogP contribution in [0.25, 0.3) is 0 Å². The second kappa shape index (κ2) is 6.78. The van der Waals surface area contributed by atoms with Gasteiger partial charge in [0, 0.05) is 0 Å². The van der Waals surface area contributed by atoms with Crippen molar-refractivity contribution in [2.75, 3.05) is 6.54 Å². The molecule has 1 aliphatic rings. The van der Waals surface area contributed by atoms with E-state index in [0.29, 0.717) is 18.8 Å². The second-order valence-corrected chi connectivity index (χ2v) is 4.27. The van der Waals surface area contributed by atoms with E-state index in [2.05, 4.69) is 6.58 Å². The number of rotatable bonds is 1. The summed E-state index contributed by atoms with van der Waals surface area (Å²) < 4.78 is 36.2. The van der Waals surface area contributed by atoms with Crippen LogP contribution in [0.1, 0.15) is 32.6 Å². The van der Waals surface area contributed by atoms with E-state index in [1.807, 2.05) is 6.92 Å². The number of aliphatic hydroxyl groups is 1. The molecule has 2 nitrogen and oxygen atoms in total. The molecule has 0 atom stereocenters. The third-order valence-electron chi connectivity index (χ3n) is 2.71. The van der Waals surface area contributed by atoms with Gasteiger partial charge in [-0.1, -0.05) is 26.3 Å². The Morgan fingerprint density at radius 1 is 1.31 bits per heavy atom. The predicted octanol–water partition coefficient (Wildman–Crippen LogP) is 3.39. The van der Waals surface area contributed by atoms with Crippen LogP contribution in [0.2, 0.25) is 0 Å². The lowest BCUT2D eigenvalue weighted by molar-refractivity contribution is -0.183. The van der Waals surface area contributed by atoms with Crippen LogP contribution in [0.15, 0.2) is 12.3 Å². The van der Waals surface area contributed by atoms with Crippen molar-refractivity contribution in [3.8, 4) is 0 Å². The molecule has 0 amide bonds. The van der Waals surface area contributed by atoms with Crippen LogP contribution in [0.4, 0.5) is 13.2 Å². The molecule has 16 heavy (non-hydrogen) atoms. The molecule has 0 aromatic carbocycles. The third kappa shape index (κ3) is 6.71. The zero-order chi connectivity index (χ0) is 12.8. The molecule has 0 spiro atoms. The van der Waals surface area contributed by atoms with Gasteiger partial charge in [0.15, 0.2) is 0 Å². The van der Waals surface area contributed by atoms with E-state index in [1.165, 1.54) is 0 Å². The summed E-state index contributed by atoms with van der Waals surface area (Å²) >= 11 is 0. The standard InChI is InChI=1S/C8H13F3.C3H7NO/c1-6-2-4-7(5-3-6)8(9,10)11;1-3(5)2-4/h6-7H,2-5H2,1H3;5H,1-2,4H2. The van der Waals surface area contributed by atoms with Gasteiger partial charge in [0.2, 0.25) is 0 Å². The number of alkyl halides is 3. The van der Waals surface area contributed by atoms with Crippen molar-refractivity contribution in [3.05, 3.63) is 12.3 Å². The molecule has 0 radical (unpaired) electrons. The van der Waals surface area contributed by atoms with Gasteiger partial charge in [-0.05, 0) is 18.8 Å².